The van der Waals surface area contributed by atoms with Gasteiger partial charge in [0.15, 0.2) is 11.6 Å². The van der Waals surface area contributed by atoms with Crippen LogP contribution in [-0.2, 0) is 6.54 Å². The molecule has 7 nitrogen and oxygen atoms in total. The fourth-order valence-corrected chi connectivity index (χ4v) is 3.32. The molecule has 0 saturated carbocycles. The van der Waals surface area contributed by atoms with Crippen molar-refractivity contribution in [2.75, 3.05) is 19.8 Å². The molecule has 152 valence electrons. The van der Waals surface area contributed by atoms with Gasteiger partial charge in [-0.05, 0) is 53.8 Å². The fourth-order valence-electron chi connectivity index (χ4n) is 3.15. The summed E-state index contributed by atoms with van der Waals surface area (Å²) in [5.74, 6) is -0.111. The largest absolute Gasteiger partial charge is 0.383 e. The normalized spacial score (nSPS) is 11.2. The average Bonchev–Trinajstić information content (AvgIpc) is 3.20. The highest BCUT2D eigenvalue weighted by Gasteiger charge is 2.19. The van der Waals surface area contributed by atoms with E-state index in [4.69, 9.17) is 17.3 Å². The van der Waals surface area contributed by atoms with E-state index in [1.165, 1.54) is 22.4 Å². The molecule has 0 aliphatic heterocycles. The number of nitrogen functional groups attached to an aromatic ring is 1. The number of rotatable bonds is 5. The van der Waals surface area contributed by atoms with Gasteiger partial charge in [0.05, 0.1) is 10.6 Å². The van der Waals surface area contributed by atoms with Crippen molar-refractivity contribution in [2.45, 2.75) is 6.54 Å². The van der Waals surface area contributed by atoms with Crippen molar-refractivity contribution in [2.24, 2.45) is 0 Å². The van der Waals surface area contributed by atoms with Gasteiger partial charge in [0.25, 0.3) is 0 Å². The maximum absolute atomic E-state index is 14.5. The Morgan fingerprint density at radius 3 is 2.60 bits per heavy atom. The third-order valence-electron chi connectivity index (χ3n) is 4.57. The second-order valence-corrected chi connectivity index (χ2v) is 7.49. The maximum Gasteiger partial charge on any atom is 0.190 e. The molecular formula is C21H19ClFN7. The number of aromatic nitrogens is 5. The molecular weight excluding hydrogens is 405 g/mol. The number of nitrogens with zero attached hydrogens (tertiary/aromatic N) is 6. The number of nitrogens with two attached hydrogens (primary N) is 1. The molecule has 0 spiro atoms. The molecule has 0 saturated heterocycles. The summed E-state index contributed by atoms with van der Waals surface area (Å²) in [5, 5.41) is 11.6. The Balaban J connectivity index is 1.76. The summed E-state index contributed by atoms with van der Waals surface area (Å²) in [5.41, 5.74) is 9.74. The van der Waals surface area contributed by atoms with E-state index >= 15 is 0 Å². The Morgan fingerprint density at radius 1 is 1.10 bits per heavy atom. The first-order valence-electron chi connectivity index (χ1n) is 9.16. The van der Waals surface area contributed by atoms with Crippen molar-refractivity contribution in [3.8, 4) is 28.2 Å². The highest BCUT2D eigenvalue weighted by molar-refractivity contribution is 6.30. The van der Waals surface area contributed by atoms with Gasteiger partial charge in [-0.25, -0.2) is 9.37 Å². The molecule has 0 atom stereocenters. The van der Waals surface area contributed by atoms with Crippen LogP contribution in [0.25, 0.3) is 28.2 Å². The standard InChI is InChI=1S/C21H19ClFN7/c1-29(2)12-13-6-8-14(9-7-13)15-10-16(20(24)25-11-15)21-26-27-28-30(21)18-5-3-4-17(22)19(18)23/h3-11H,12H2,1-2H3,(H2,24,25). The fraction of sp³-hybridized carbons (Fsp3) is 0.143. The number of pyridine rings is 1. The molecule has 0 amide bonds. The Labute approximate surface area is 177 Å². The van der Waals surface area contributed by atoms with Crippen LogP contribution in [0, 0.1) is 5.82 Å². The molecule has 4 aromatic rings. The van der Waals surface area contributed by atoms with Gasteiger partial charge in [-0.2, -0.15) is 4.68 Å². The van der Waals surface area contributed by atoms with Crippen LogP contribution in [0.15, 0.2) is 54.7 Å². The van der Waals surface area contributed by atoms with Crippen LogP contribution < -0.4 is 5.73 Å². The van der Waals surface area contributed by atoms with Crippen molar-refractivity contribution in [1.82, 2.24) is 30.1 Å². The minimum atomic E-state index is -0.619. The van der Waals surface area contributed by atoms with E-state index in [2.05, 4.69) is 37.5 Å². The van der Waals surface area contributed by atoms with Crippen LogP contribution in [0.5, 0.6) is 0 Å². The molecule has 0 unspecified atom stereocenters. The Hall–Kier alpha value is -3.36. The first kappa shape index (κ1) is 19.9. The van der Waals surface area contributed by atoms with E-state index < -0.39 is 5.82 Å². The Kier molecular flexibility index (Phi) is 5.43. The summed E-state index contributed by atoms with van der Waals surface area (Å²) in [6.45, 7) is 0.853. The lowest BCUT2D eigenvalue weighted by atomic mass is 10.0. The zero-order valence-electron chi connectivity index (χ0n) is 16.4. The minimum absolute atomic E-state index is 0.0217. The lowest BCUT2D eigenvalue weighted by Gasteiger charge is -2.11. The van der Waals surface area contributed by atoms with E-state index in [-0.39, 0.29) is 22.4 Å². The Bertz CT molecular complexity index is 1190. The molecule has 2 aromatic heterocycles. The first-order valence-corrected chi connectivity index (χ1v) is 9.54. The Morgan fingerprint density at radius 2 is 1.87 bits per heavy atom. The average molecular weight is 424 g/mol. The zero-order valence-corrected chi connectivity index (χ0v) is 17.2. The third kappa shape index (κ3) is 3.87. The van der Waals surface area contributed by atoms with Crippen molar-refractivity contribution in [3.63, 3.8) is 0 Å². The van der Waals surface area contributed by atoms with Crippen LogP contribution in [0.2, 0.25) is 5.02 Å². The third-order valence-corrected chi connectivity index (χ3v) is 4.87. The number of hydrogen-bond donors (Lipinski definition) is 1. The molecule has 0 aliphatic carbocycles. The van der Waals surface area contributed by atoms with Gasteiger partial charge in [0.1, 0.15) is 11.5 Å². The quantitative estimate of drug-likeness (QED) is 0.525. The molecule has 2 heterocycles. The molecule has 4 rings (SSSR count). The monoisotopic (exact) mass is 423 g/mol. The van der Waals surface area contributed by atoms with Crippen LogP contribution in [0.1, 0.15) is 5.56 Å². The maximum atomic E-state index is 14.5. The molecule has 0 bridgehead atoms. The number of benzene rings is 2. The van der Waals surface area contributed by atoms with Gasteiger partial charge in [0, 0.05) is 18.3 Å². The smallest absolute Gasteiger partial charge is 0.190 e. The predicted molar refractivity (Wildman–Crippen MR) is 115 cm³/mol. The van der Waals surface area contributed by atoms with Crippen molar-refractivity contribution >= 4 is 17.4 Å². The molecule has 0 aliphatic rings. The molecule has 2 N–H and O–H groups in total. The van der Waals surface area contributed by atoms with Crippen LogP contribution in [-0.4, -0.2) is 44.2 Å². The van der Waals surface area contributed by atoms with E-state index in [9.17, 15) is 4.39 Å². The second kappa shape index (κ2) is 8.17. The summed E-state index contributed by atoms with van der Waals surface area (Å²) < 4.78 is 15.8. The van der Waals surface area contributed by atoms with E-state index in [1.807, 2.05) is 32.3 Å². The van der Waals surface area contributed by atoms with Gasteiger partial charge in [-0.3, -0.25) is 0 Å². The van der Waals surface area contributed by atoms with Gasteiger partial charge in [-0.15, -0.1) is 5.10 Å². The minimum Gasteiger partial charge on any atom is -0.383 e. The zero-order chi connectivity index (χ0) is 21.3. The summed E-state index contributed by atoms with van der Waals surface area (Å²) in [6, 6.07) is 14.6. The molecule has 0 radical (unpaired) electrons. The first-order chi connectivity index (χ1) is 14.4. The molecule has 2 aromatic carbocycles. The van der Waals surface area contributed by atoms with E-state index in [1.54, 1.807) is 12.3 Å². The van der Waals surface area contributed by atoms with E-state index in [0.717, 1.165) is 17.7 Å². The topological polar surface area (TPSA) is 85.8 Å². The van der Waals surface area contributed by atoms with Crippen LogP contribution >= 0.6 is 11.6 Å². The van der Waals surface area contributed by atoms with Gasteiger partial charge in [-0.1, -0.05) is 41.9 Å². The lowest BCUT2D eigenvalue weighted by molar-refractivity contribution is 0.402. The van der Waals surface area contributed by atoms with Crippen molar-refractivity contribution in [3.05, 3.63) is 71.1 Å². The van der Waals surface area contributed by atoms with Gasteiger partial charge < -0.3 is 10.6 Å². The molecule has 0 fully saturated rings. The predicted octanol–water partition coefficient (Wildman–Crippen LogP) is 3.83. The summed E-state index contributed by atoms with van der Waals surface area (Å²) >= 11 is 5.91. The number of halogens is 2. The van der Waals surface area contributed by atoms with Gasteiger partial charge in [0.2, 0.25) is 0 Å². The second-order valence-electron chi connectivity index (χ2n) is 7.08. The lowest BCUT2D eigenvalue weighted by Crippen LogP contribution is -2.10. The van der Waals surface area contributed by atoms with Crippen LogP contribution in [0.4, 0.5) is 10.2 Å². The van der Waals surface area contributed by atoms with Crippen molar-refractivity contribution in [1.29, 1.82) is 0 Å². The summed E-state index contributed by atoms with van der Waals surface area (Å²) in [6.07, 6.45) is 1.69. The van der Waals surface area contributed by atoms with Crippen molar-refractivity contribution < 1.29 is 4.39 Å². The van der Waals surface area contributed by atoms with Gasteiger partial charge >= 0.3 is 0 Å². The number of hydrogen-bond acceptors (Lipinski definition) is 6. The van der Waals surface area contributed by atoms with E-state index in [0.29, 0.717) is 5.56 Å². The summed E-state index contributed by atoms with van der Waals surface area (Å²) in [7, 11) is 4.05. The number of anilines is 1. The summed E-state index contributed by atoms with van der Waals surface area (Å²) in [4.78, 5) is 6.40. The highest BCUT2D eigenvalue weighted by atomic mass is 35.5. The van der Waals surface area contributed by atoms with Crippen LogP contribution in [0.3, 0.4) is 0 Å². The number of tetrazole rings is 1. The molecule has 30 heavy (non-hydrogen) atoms. The molecule has 9 heteroatoms. The SMILES string of the molecule is CN(C)Cc1ccc(-c2cnc(N)c(-c3nnnn3-c3cccc(Cl)c3F)c2)cc1. The highest BCUT2D eigenvalue weighted by Crippen LogP contribution is 2.30.